The largest absolute Gasteiger partial charge is 0.324 e. The zero-order chi connectivity index (χ0) is 20.5. The standard InChI is InChI=1S/C22H15BrCl2N2O2/c23-14-6-9-19-17(10-14)21(13-4-2-1-3-5-13)27(12-20(28)26-19)22(29)16-8-7-15(24)11-18(16)25/h1-11,21H,12H2,(H,26,28). The van der Waals surface area contributed by atoms with Gasteiger partial charge in [0.05, 0.1) is 16.6 Å². The van der Waals surface area contributed by atoms with Crippen molar-refractivity contribution in [3.63, 3.8) is 0 Å². The number of hydrogen-bond donors (Lipinski definition) is 1. The van der Waals surface area contributed by atoms with Crippen molar-refractivity contribution in [2.75, 3.05) is 11.9 Å². The van der Waals surface area contributed by atoms with E-state index in [0.29, 0.717) is 16.3 Å². The molecule has 3 aromatic rings. The smallest absolute Gasteiger partial charge is 0.256 e. The lowest BCUT2D eigenvalue weighted by Gasteiger charge is -2.31. The molecule has 3 aromatic carbocycles. The molecule has 1 atom stereocenters. The number of rotatable bonds is 2. The van der Waals surface area contributed by atoms with Crippen molar-refractivity contribution in [2.45, 2.75) is 6.04 Å². The van der Waals surface area contributed by atoms with E-state index in [4.69, 9.17) is 23.2 Å². The number of carbonyl (C=O) groups excluding carboxylic acids is 2. The molecule has 0 saturated heterocycles. The molecule has 146 valence electrons. The molecule has 4 nitrogen and oxygen atoms in total. The molecule has 1 unspecified atom stereocenters. The molecule has 7 heteroatoms. The van der Waals surface area contributed by atoms with Gasteiger partial charge in [-0.15, -0.1) is 0 Å². The maximum atomic E-state index is 13.5. The van der Waals surface area contributed by atoms with E-state index in [1.807, 2.05) is 48.5 Å². The molecule has 0 spiro atoms. The second kappa shape index (κ2) is 8.19. The summed E-state index contributed by atoms with van der Waals surface area (Å²) < 4.78 is 0.852. The molecule has 2 amide bonds. The van der Waals surface area contributed by atoms with Crippen molar-refractivity contribution < 1.29 is 9.59 Å². The molecule has 1 heterocycles. The lowest BCUT2D eigenvalue weighted by molar-refractivity contribution is -0.117. The predicted octanol–water partition coefficient (Wildman–Crippen LogP) is 5.94. The fraction of sp³-hybridized carbons (Fsp3) is 0.0909. The summed E-state index contributed by atoms with van der Waals surface area (Å²) in [6.07, 6.45) is 0. The van der Waals surface area contributed by atoms with Gasteiger partial charge in [-0.1, -0.05) is 69.5 Å². The molecular formula is C22H15BrCl2N2O2. The molecular weight excluding hydrogens is 475 g/mol. The highest BCUT2D eigenvalue weighted by atomic mass is 79.9. The van der Waals surface area contributed by atoms with E-state index < -0.39 is 6.04 Å². The highest BCUT2D eigenvalue weighted by molar-refractivity contribution is 9.10. The SMILES string of the molecule is O=C1CN(C(=O)c2ccc(Cl)cc2Cl)C(c2ccccc2)c2cc(Br)ccc2N1. The van der Waals surface area contributed by atoms with Gasteiger partial charge in [0.25, 0.3) is 5.91 Å². The quantitative estimate of drug-likeness (QED) is 0.484. The number of nitrogens with zero attached hydrogens (tertiary/aromatic N) is 1. The molecule has 1 N–H and O–H groups in total. The summed E-state index contributed by atoms with van der Waals surface area (Å²) in [7, 11) is 0. The molecule has 1 aliphatic rings. The van der Waals surface area contributed by atoms with Crippen LogP contribution in [0.3, 0.4) is 0 Å². The monoisotopic (exact) mass is 488 g/mol. The van der Waals surface area contributed by atoms with Gasteiger partial charge in [0.1, 0.15) is 6.54 Å². The van der Waals surface area contributed by atoms with Crippen LogP contribution < -0.4 is 5.32 Å². The molecule has 0 fully saturated rings. The van der Waals surface area contributed by atoms with Crippen LogP contribution in [-0.2, 0) is 4.79 Å². The van der Waals surface area contributed by atoms with Crippen LogP contribution in [0.15, 0.2) is 71.2 Å². The fourth-order valence-electron chi connectivity index (χ4n) is 3.48. The first-order chi connectivity index (χ1) is 13.9. The first-order valence-corrected chi connectivity index (χ1v) is 10.4. The van der Waals surface area contributed by atoms with E-state index in [1.54, 1.807) is 12.1 Å². The van der Waals surface area contributed by atoms with Gasteiger partial charge in [-0.05, 0) is 42.0 Å². The Balaban J connectivity index is 1.90. The van der Waals surface area contributed by atoms with Crippen LogP contribution >= 0.6 is 39.1 Å². The van der Waals surface area contributed by atoms with E-state index in [0.717, 1.165) is 15.6 Å². The third-order valence-corrected chi connectivity index (χ3v) is 5.79. The molecule has 1 aliphatic heterocycles. The molecule has 0 radical (unpaired) electrons. The lowest BCUT2D eigenvalue weighted by atomic mass is 9.95. The van der Waals surface area contributed by atoms with Crippen molar-refractivity contribution in [3.05, 3.63) is 97.9 Å². The number of halogens is 3. The minimum absolute atomic E-state index is 0.107. The predicted molar refractivity (Wildman–Crippen MR) is 119 cm³/mol. The number of benzene rings is 3. The van der Waals surface area contributed by atoms with Gasteiger partial charge >= 0.3 is 0 Å². The van der Waals surface area contributed by atoms with Crippen LogP contribution in [0.5, 0.6) is 0 Å². The topological polar surface area (TPSA) is 49.4 Å². The first kappa shape index (κ1) is 20.0. The summed E-state index contributed by atoms with van der Waals surface area (Å²) >= 11 is 15.8. The van der Waals surface area contributed by atoms with Crippen LogP contribution in [0.1, 0.15) is 27.5 Å². The summed E-state index contributed by atoms with van der Waals surface area (Å²) in [5.41, 5.74) is 2.67. The highest BCUT2D eigenvalue weighted by Gasteiger charge is 2.34. The maximum Gasteiger partial charge on any atom is 0.256 e. The van der Waals surface area contributed by atoms with Crippen molar-refractivity contribution in [1.82, 2.24) is 4.90 Å². The lowest BCUT2D eigenvalue weighted by Crippen LogP contribution is -2.39. The Morgan fingerprint density at radius 1 is 1.03 bits per heavy atom. The van der Waals surface area contributed by atoms with Crippen LogP contribution in [0, 0.1) is 0 Å². The van der Waals surface area contributed by atoms with Gasteiger partial charge in [-0.2, -0.15) is 0 Å². The highest BCUT2D eigenvalue weighted by Crippen LogP contribution is 2.38. The van der Waals surface area contributed by atoms with Crippen LogP contribution in [0.4, 0.5) is 5.69 Å². The van der Waals surface area contributed by atoms with Gasteiger partial charge in [0.2, 0.25) is 5.91 Å². The van der Waals surface area contributed by atoms with Crippen LogP contribution in [0.25, 0.3) is 0 Å². The summed E-state index contributed by atoms with van der Waals surface area (Å²) in [5, 5.41) is 3.58. The third kappa shape index (κ3) is 4.04. The van der Waals surface area contributed by atoms with E-state index in [9.17, 15) is 9.59 Å². The van der Waals surface area contributed by atoms with E-state index >= 15 is 0 Å². The van der Waals surface area contributed by atoms with E-state index in [-0.39, 0.29) is 23.4 Å². The van der Waals surface area contributed by atoms with Gasteiger partial charge < -0.3 is 10.2 Å². The molecule has 0 aromatic heterocycles. The number of fused-ring (bicyclic) bond motifs is 1. The second-order valence-electron chi connectivity index (χ2n) is 6.65. The van der Waals surface area contributed by atoms with Crippen molar-refractivity contribution in [1.29, 1.82) is 0 Å². The van der Waals surface area contributed by atoms with Crippen molar-refractivity contribution in [2.24, 2.45) is 0 Å². The summed E-state index contributed by atoms with van der Waals surface area (Å²) in [4.78, 5) is 27.7. The summed E-state index contributed by atoms with van der Waals surface area (Å²) in [6.45, 7) is -0.107. The Morgan fingerprint density at radius 2 is 1.79 bits per heavy atom. The van der Waals surface area contributed by atoms with Crippen LogP contribution in [0.2, 0.25) is 10.0 Å². The van der Waals surface area contributed by atoms with Gasteiger partial charge in [-0.3, -0.25) is 9.59 Å². The van der Waals surface area contributed by atoms with E-state index in [2.05, 4.69) is 21.2 Å². The number of carbonyl (C=O) groups is 2. The molecule has 0 saturated carbocycles. The number of nitrogens with one attached hydrogen (secondary N) is 1. The molecule has 0 aliphatic carbocycles. The minimum atomic E-state index is -0.470. The second-order valence-corrected chi connectivity index (χ2v) is 8.41. The zero-order valence-corrected chi connectivity index (χ0v) is 18.1. The molecule has 4 rings (SSSR count). The maximum absolute atomic E-state index is 13.5. The Bertz CT molecular complexity index is 1110. The third-order valence-electron chi connectivity index (χ3n) is 4.75. The molecule has 29 heavy (non-hydrogen) atoms. The average Bonchev–Trinajstić information content (AvgIpc) is 2.84. The van der Waals surface area contributed by atoms with Crippen LogP contribution in [-0.4, -0.2) is 23.3 Å². The van der Waals surface area contributed by atoms with Gasteiger partial charge in [0.15, 0.2) is 0 Å². The van der Waals surface area contributed by atoms with Crippen molar-refractivity contribution >= 4 is 56.6 Å². The Morgan fingerprint density at radius 3 is 2.52 bits per heavy atom. The zero-order valence-electron chi connectivity index (χ0n) is 15.0. The van der Waals surface area contributed by atoms with Gasteiger partial charge in [-0.25, -0.2) is 0 Å². The van der Waals surface area contributed by atoms with Gasteiger partial charge in [0, 0.05) is 20.7 Å². The minimum Gasteiger partial charge on any atom is -0.324 e. The Kier molecular flexibility index (Phi) is 5.63. The van der Waals surface area contributed by atoms with E-state index in [1.165, 1.54) is 11.0 Å². The average molecular weight is 490 g/mol. The summed E-state index contributed by atoms with van der Waals surface area (Å²) in [5.74, 6) is -0.617. The number of amides is 2. The van der Waals surface area contributed by atoms with Crippen molar-refractivity contribution in [3.8, 4) is 0 Å². The first-order valence-electron chi connectivity index (χ1n) is 8.84. The number of anilines is 1. The Labute approximate surface area is 186 Å². The Hall–Kier alpha value is -2.34. The molecule has 0 bridgehead atoms. The fourth-order valence-corrected chi connectivity index (χ4v) is 4.35. The summed E-state index contributed by atoms with van der Waals surface area (Å²) in [6, 6.07) is 19.5. The normalized spacial score (nSPS) is 16.0. The number of hydrogen-bond acceptors (Lipinski definition) is 2.